The summed E-state index contributed by atoms with van der Waals surface area (Å²) < 4.78 is 4.60. The Hall–Kier alpha value is -2.90. The molecule has 25 heavy (non-hydrogen) atoms. The number of ether oxygens (including phenoxy) is 1. The van der Waals surface area contributed by atoms with Crippen molar-refractivity contribution in [1.29, 1.82) is 0 Å². The van der Waals surface area contributed by atoms with Gasteiger partial charge in [0.05, 0.1) is 12.7 Å². The Balaban J connectivity index is 1.62. The van der Waals surface area contributed by atoms with Crippen LogP contribution in [0.2, 0.25) is 0 Å². The second kappa shape index (κ2) is 6.19. The minimum Gasteiger partial charge on any atom is -0.465 e. The number of anilines is 1. The van der Waals surface area contributed by atoms with Gasteiger partial charge >= 0.3 is 12.0 Å². The number of carbonyl (C=O) groups is 4. The highest BCUT2D eigenvalue weighted by Gasteiger charge is 2.56. The Bertz CT molecular complexity index is 741. The highest BCUT2D eigenvalue weighted by molar-refractivity contribution is 6.10. The number of rotatable bonds is 5. The van der Waals surface area contributed by atoms with Crippen LogP contribution in [0.1, 0.15) is 30.1 Å². The van der Waals surface area contributed by atoms with E-state index in [0.29, 0.717) is 11.3 Å². The predicted molar refractivity (Wildman–Crippen MR) is 87.8 cm³/mol. The largest absolute Gasteiger partial charge is 0.465 e. The van der Waals surface area contributed by atoms with E-state index >= 15 is 0 Å². The Morgan fingerprint density at radius 2 is 1.92 bits per heavy atom. The van der Waals surface area contributed by atoms with Crippen molar-refractivity contribution in [2.24, 2.45) is 5.92 Å². The standard InChI is InChI=1S/C17H19N3O5/c1-17(11-5-6-11)15(23)20(16(24)19-17)9-13(21)18-12-7-3-10(4-8-12)14(22)25-2/h3-4,7-8,11H,5-6,9H2,1-2H3,(H,18,21)(H,19,24)/t17-/m1/s1. The van der Waals surface area contributed by atoms with Crippen molar-refractivity contribution in [1.82, 2.24) is 10.2 Å². The van der Waals surface area contributed by atoms with E-state index in [-0.39, 0.29) is 18.4 Å². The number of amides is 4. The summed E-state index contributed by atoms with van der Waals surface area (Å²) in [5, 5.41) is 5.30. The van der Waals surface area contributed by atoms with E-state index in [0.717, 1.165) is 17.7 Å². The Morgan fingerprint density at radius 3 is 2.48 bits per heavy atom. The molecule has 132 valence electrons. The second-order valence-electron chi connectivity index (χ2n) is 6.42. The zero-order chi connectivity index (χ0) is 18.2. The third-order valence-electron chi connectivity index (χ3n) is 4.59. The van der Waals surface area contributed by atoms with Crippen molar-refractivity contribution >= 4 is 29.5 Å². The van der Waals surface area contributed by atoms with E-state index < -0.39 is 23.4 Å². The van der Waals surface area contributed by atoms with Crippen LogP contribution in [0.3, 0.4) is 0 Å². The molecule has 3 rings (SSSR count). The molecule has 1 aliphatic heterocycles. The Labute approximate surface area is 144 Å². The minimum absolute atomic E-state index is 0.142. The van der Waals surface area contributed by atoms with Crippen LogP contribution in [0.25, 0.3) is 0 Å². The van der Waals surface area contributed by atoms with Crippen LogP contribution < -0.4 is 10.6 Å². The molecule has 1 aromatic rings. The molecule has 0 unspecified atom stereocenters. The molecule has 1 heterocycles. The number of nitrogens with zero attached hydrogens (tertiary/aromatic N) is 1. The molecule has 0 bridgehead atoms. The second-order valence-corrected chi connectivity index (χ2v) is 6.42. The van der Waals surface area contributed by atoms with Crippen molar-refractivity contribution in [3.05, 3.63) is 29.8 Å². The Kier molecular flexibility index (Phi) is 4.20. The van der Waals surface area contributed by atoms with Gasteiger partial charge < -0.3 is 15.4 Å². The maximum atomic E-state index is 12.5. The summed E-state index contributed by atoms with van der Waals surface area (Å²) in [5.74, 6) is -1.19. The lowest BCUT2D eigenvalue weighted by atomic mass is 9.96. The summed E-state index contributed by atoms with van der Waals surface area (Å²) in [4.78, 5) is 49.0. The Morgan fingerprint density at radius 1 is 1.28 bits per heavy atom. The highest BCUT2D eigenvalue weighted by atomic mass is 16.5. The third kappa shape index (κ3) is 3.19. The number of urea groups is 1. The van der Waals surface area contributed by atoms with E-state index in [1.165, 1.54) is 19.2 Å². The van der Waals surface area contributed by atoms with E-state index in [1.807, 2.05) is 0 Å². The van der Waals surface area contributed by atoms with Crippen molar-refractivity contribution in [3.63, 3.8) is 0 Å². The van der Waals surface area contributed by atoms with Gasteiger partial charge in [0, 0.05) is 5.69 Å². The number of esters is 1. The van der Waals surface area contributed by atoms with Gasteiger partial charge in [0.1, 0.15) is 12.1 Å². The van der Waals surface area contributed by atoms with Gasteiger partial charge in [0.2, 0.25) is 5.91 Å². The first-order valence-corrected chi connectivity index (χ1v) is 7.97. The molecular weight excluding hydrogens is 326 g/mol. The topological polar surface area (TPSA) is 105 Å². The molecule has 0 aromatic heterocycles. The molecule has 8 heteroatoms. The number of carbonyl (C=O) groups excluding carboxylic acids is 4. The molecule has 1 atom stereocenters. The minimum atomic E-state index is -0.903. The van der Waals surface area contributed by atoms with Gasteiger partial charge in [-0.3, -0.25) is 14.5 Å². The monoisotopic (exact) mass is 345 g/mol. The summed E-state index contributed by atoms with van der Waals surface area (Å²) in [6.07, 6.45) is 1.80. The summed E-state index contributed by atoms with van der Waals surface area (Å²) in [5.41, 5.74) is -0.0936. The van der Waals surface area contributed by atoms with Crippen LogP contribution in [-0.2, 0) is 14.3 Å². The molecule has 2 N–H and O–H groups in total. The highest BCUT2D eigenvalue weighted by Crippen LogP contribution is 2.42. The smallest absolute Gasteiger partial charge is 0.337 e. The fourth-order valence-electron chi connectivity index (χ4n) is 2.95. The van der Waals surface area contributed by atoms with Gasteiger partial charge in [-0.05, 0) is 49.9 Å². The molecule has 1 aromatic carbocycles. The van der Waals surface area contributed by atoms with Crippen LogP contribution in [0.15, 0.2) is 24.3 Å². The summed E-state index contributed by atoms with van der Waals surface area (Å²) in [7, 11) is 1.28. The SMILES string of the molecule is COC(=O)c1ccc(NC(=O)CN2C(=O)N[C@](C)(C3CC3)C2=O)cc1. The number of benzene rings is 1. The van der Waals surface area contributed by atoms with Gasteiger partial charge in [0.15, 0.2) is 0 Å². The van der Waals surface area contributed by atoms with Gasteiger partial charge in [-0.25, -0.2) is 9.59 Å². The molecular formula is C17H19N3O5. The van der Waals surface area contributed by atoms with E-state index in [4.69, 9.17) is 0 Å². The molecule has 1 aliphatic carbocycles. The lowest BCUT2D eigenvalue weighted by Gasteiger charge is -2.20. The van der Waals surface area contributed by atoms with Gasteiger partial charge in [-0.15, -0.1) is 0 Å². The maximum Gasteiger partial charge on any atom is 0.337 e. The molecule has 1 saturated carbocycles. The first-order chi connectivity index (χ1) is 11.8. The van der Waals surface area contributed by atoms with Crippen molar-refractivity contribution in [3.8, 4) is 0 Å². The molecule has 2 fully saturated rings. The third-order valence-corrected chi connectivity index (χ3v) is 4.59. The molecule has 1 saturated heterocycles. The molecule has 4 amide bonds. The molecule has 0 spiro atoms. The quantitative estimate of drug-likeness (QED) is 0.615. The zero-order valence-electron chi connectivity index (χ0n) is 14.0. The van der Waals surface area contributed by atoms with Crippen LogP contribution in [0, 0.1) is 5.92 Å². The van der Waals surface area contributed by atoms with Crippen LogP contribution >= 0.6 is 0 Å². The summed E-state index contributed by atoms with van der Waals surface area (Å²) >= 11 is 0. The zero-order valence-corrected chi connectivity index (χ0v) is 14.0. The van der Waals surface area contributed by atoms with E-state index in [9.17, 15) is 19.2 Å². The van der Waals surface area contributed by atoms with Gasteiger partial charge in [-0.2, -0.15) is 0 Å². The predicted octanol–water partition coefficient (Wildman–Crippen LogP) is 1.13. The average molecular weight is 345 g/mol. The molecule has 0 radical (unpaired) electrons. The number of hydrogen-bond donors (Lipinski definition) is 2. The fraction of sp³-hybridized carbons (Fsp3) is 0.412. The number of imide groups is 1. The number of methoxy groups -OCH3 is 1. The van der Waals surface area contributed by atoms with Crippen molar-refractivity contribution in [2.75, 3.05) is 19.0 Å². The number of hydrogen-bond acceptors (Lipinski definition) is 5. The van der Waals surface area contributed by atoms with Crippen molar-refractivity contribution < 1.29 is 23.9 Å². The summed E-state index contributed by atoms with van der Waals surface area (Å²) in [6, 6.07) is 5.57. The maximum absolute atomic E-state index is 12.5. The van der Waals surface area contributed by atoms with Crippen LogP contribution in [0.5, 0.6) is 0 Å². The van der Waals surface area contributed by atoms with E-state index in [2.05, 4.69) is 15.4 Å². The van der Waals surface area contributed by atoms with Crippen LogP contribution in [-0.4, -0.2) is 47.9 Å². The average Bonchev–Trinajstić information content (AvgIpc) is 3.41. The van der Waals surface area contributed by atoms with Crippen LogP contribution in [0.4, 0.5) is 10.5 Å². The molecule has 2 aliphatic rings. The van der Waals surface area contributed by atoms with Gasteiger partial charge in [-0.1, -0.05) is 0 Å². The normalized spacial score (nSPS) is 22.6. The fourth-order valence-corrected chi connectivity index (χ4v) is 2.95. The lowest BCUT2D eigenvalue weighted by molar-refractivity contribution is -0.134. The first-order valence-electron chi connectivity index (χ1n) is 7.97. The number of nitrogens with one attached hydrogen (secondary N) is 2. The van der Waals surface area contributed by atoms with Gasteiger partial charge in [0.25, 0.3) is 5.91 Å². The van der Waals surface area contributed by atoms with E-state index in [1.54, 1.807) is 19.1 Å². The summed E-state index contributed by atoms with van der Waals surface area (Å²) in [6.45, 7) is 1.35. The van der Waals surface area contributed by atoms with Crippen molar-refractivity contribution in [2.45, 2.75) is 25.3 Å². The lowest BCUT2D eigenvalue weighted by Crippen LogP contribution is -2.46. The first kappa shape index (κ1) is 16.9. The molecule has 8 nitrogen and oxygen atoms in total.